The Labute approximate surface area is 99.3 Å². The lowest BCUT2D eigenvalue weighted by Gasteiger charge is -2.27. The maximum Gasteiger partial charge on any atom is 0.415 e. The minimum absolute atomic E-state index is 0.135. The zero-order chi connectivity index (χ0) is 13.9. The first kappa shape index (κ1) is 16.2. The molecule has 0 aromatic heterocycles. The molecule has 1 amide bonds. The number of amides is 1. The summed E-state index contributed by atoms with van der Waals surface area (Å²) < 4.78 is 37.2. The number of nitrogens with two attached hydrogens (primary N) is 1. The van der Waals surface area contributed by atoms with Crippen molar-refractivity contribution in [3.63, 3.8) is 0 Å². The predicted octanol–water partition coefficient (Wildman–Crippen LogP) is 0.722. The van der Waals surface area contributed by atoms with Crippen LogP contribution < -0.4 is 11.1 Å². The fraction of sp³-hybridized carbons (Fsp3) is 0.900. The second-order valence-electron chi connectivity index (χ2n) is 4.53. The molecule has 0 radical (unpaired) electrons. The van der Waals surface area contributed by atoms with Crippen LogP contribution in [0.5, 0.6) is 0 Å². The summed E-state index contributed by atoms with van der Waals surface area (Å²) in [7, 11) is 1.82. The van der Waals surface area contributed by atoms with Crippen LogP contribution in [0.3, 0.4) is 0 Å². The van der Waals surface area contributed by atoms with Crippen molar-refractivity contribution in [2.75, 3.05) is 20.1 Å². The van der Waals surface area contributed by atoms with Crippen molar-refractivity contribution in [1.82, 2.24) is 10.2 Å². The number of alkyl halides is 3. The zero-order valence-corrected chi connectivity index (χ0v) is 10.6. The van der Waals surface area contributed by atoms with Gasteiger partial charge in [0.2, 0.25) is 5.91 Å². The van der Waals surface area contributed by atoms with Gasteiger partial charge in [0.05, 0.1) is 0 Å². The third-order valence-electron chi connectivity index (χ3n) is 2.69. The summed E-state index contributed by atoms with van der Waals surface area (Å²) in [6.45, 7) is 5.16. The highest BCUT2D eigenvalue weighted by atomic mass is 19.4. The van der Waals surface area contributed by atoms with Gasteiger partial charge in [0.15, 0.2) is 5.54 Å². The van der Waals surface area contributed by atoms with Gasteiger partial charge in [-0.1, -0.05) is 0 Å². The minimum Gasteiger partial charge on any atom is -0.353 e. The third-order valence-corrected chi connectivity index (χ3v) is 2.69. The Bertz CT molecular complexity index is 264. The van der Waals surface area contributed by atoms with Gasteiger partial charge in [0.1, 0.15) is 0 Å². The quantitative estimate of drug-likeness (QED) is 0.761. The molecule has 17 heavy (non-hydrogen) atoms. The number of hydrogen-bond acceptors (Lipinski definition) is 3. The molecule has 0 spiro atoms. The van der Waals surface area contributed by atoms with E-state index in [4.69, 9.17) is 5.73 Å². The van der Waals surface area contributed by atoms with E-state index < -0.39 is 17.6 Å². The molecule has 0 rings (SSSR count). The van der Waals surface area contributed by atoms with Crippen LogP contribution in [-0.4, -0.2) is 48.7 Å². The Hall–Kier alpha value is -0.820. The van der Waals surface area contributed by atoms with Gasteiger partial charge in [-0.05, 0) is 27.8 Å². The molecule has 0 aromatic carbocycles. The summed E-state index contributed by atoms with van der Waals surface area (Å²) in [5, 5.41) is 2.19. The van der Waals surface area contributed by atoms with E-state index in [1.165, 1.54) is 0 Å². The van der Waals surface area contributed by atoms with E-state index in [1.54, 1.807) is 0 Å². The first-order valence-corrected chi connectivity index (χ1v) is 5.34. The van der Waals surface area contributed by atoms with Crippen LogP contribution >= 0.6 is 0 Å². The molecule has 3 N–H and O–H groups in total. The fourth-order valence-corrected chi connectivity index (χ4v) is 0.916. The standard InChI is InChI=1S/C10H20F3N3O/c1-7(2)16(4)6-5-15-8(17)9(3,14)10(11,12)13/h7H,5-6,14H2,1-4H3,(H,15,17). The first-order valence-electron chi connectivity index (χ1n) is 5.34. The molecule has 7 heteroatoms. The second kappa shape index (κ2) is 5.68. The number of likely N-dealkylation sites (N-methyl/N-ethyl adjacent to an activating group) is 1. The second-order valence-corrected chi connectivity index (χ2v) is 4.53. The Morgan fingerprint density at radius 1 is 1.41 bits per heavy atom. The third kappa shape index (κ3) is 4.51. The van der Waals surface area contributed by atoms with Crippen molar-refractivity contribution in [1.29, 1.82) is 0 Å². The van der Waals surface area contributed by atoms with Crippen molar-refractivity contribution in [3.05, 3.63) is 0 Å². The van der Waals surface area contributed by atoms with E-state index in [9.17, 15) is 18.0 Å². The summed E-state index contributed by atoms with van der Waals surface area (Å²) in [5.74, 6) is -1.21. The number of nitrogens with one attached hydrogen (secondary N) is 1. The predicted molar refractivity (Wildman–Crippen MR) is 59.4 cm³/mol. The lowest BCUT2D eigenvalue weighted by atomic mass is 10.0. The zero-order valence-electron chi connectivity index (χ0n) is 10.6. The Kier molecular flexibility index (Phi) is 5.41. The molecule has 0 bridgehead atoms. The molecule has 1 atom stereocenters. The summed E-state index contributed by atoms with van der Waals surface area (Å²) >= 11 is 0. The van der Waals surface area contributed by atoms with Crippen LogP contribution in [0.15, 0.2) is 0 Å². The highest BCUT2D eigenvalue weighted by Crippen LogP contribution is 2.27. The molecule has 0 heterocycles. The smallest absolute Gasteiger partial charge is 0.353 e. The van der Waals surface area contributed by atoms with Crippen LogP contribution in [0.25, 0.3) is 0 Å². The van der Waals surface area contributed by atoms with Crippen molar-refractivity contribution in [2.45, 2.75) is 38.5 Å². The Balaban J connectivity index is 4.21. The molecule has 0 aliphatic rings. The maximum absolute atomic E-state index is 12.4. The molecule has 1 unspecified atom stereocenters. The van der Waals surface area contributed by atoms with Gasteiger partial charge in [-0.2, -0.15) is 13.2 Å². The molecule has 0 aliphatic carbocycles. The fourth-order valence-electron chi connectivity index (χ4n) is 0.916. The van der Waals surface area contributed by atoms with E-state index >= 15 is 0 Å². The largest absolute Gasteiger partial charge is 0.415 e. The lowest BCUT2D eigenvalue weighted by molar-refractivity contribution is -0.187. The molecule has 4 nitrogen and oxygen atoms in total. The normalized spacial score (nSPS) is 16.1. The van der Waals surface area contributed by atoms with Gasteiger partial charge in [0.25, 0.3) is 0 Å². The van der Waals surface area contributed by atoms with Crippen molar-refractivity contribution in [3.8, 4) is 0 Å². The van der Waals surface area contributed by atoms with Gasteiger partial charge in [0, 0.05) is 19.1 Å². The molecule has 0 fully saturated rings. The average Bonchev–Trinajstić information content (AvgIpc) is 2.15. The summed E-state index contributed by atoms with van der Waals surface area (Å²) in [6, 6.07) is 0.263. The van der Waals surface area contributed by atoms with Crippen molar-refractivity contribution >= 4 is 5.91 Å². The number of nitrogens with zero attached hydrogens (tertiary/aromatic N) is 1. The number of halogens is 3. The van der Waals surface area contributed by atoms with Crippen LogP contribution in [-0.2, 0) is 4.79 Å². The Morgan fingerprint density at radius 2 is 1.88 bits per heavy atom. The monoisotopic (exact) mass is 255 g/mol. The van der Waals surface area contributed by atoms with Crippen LogP contribution in [0.1, 0.15) is 20.8 Å². The maximum atomic E-state index is 12.4. The van der Waals surface area contributed by atoms with Gasteiger partial charge in [-0.15, -0.1) is 0 Å². The SMILES string of the molecule is CC(C)N(C)CCNC(=O)C(C)(N)C(F)(F)F. The highest BCUT2D eigenvalue weighted by Gasteiger charge is 2.53. The highest BCUT2D eigenvalue weighted by molar-refractivity contribution is 5.86. The van der Waals surface area contributed by atoms with E-state index in [-0.39, 0.29) is 12.6 Å². The van der Waals surface area contributed by atoms with Crippen molar-refractivity contribution in [2.24, 2.45) is 5.73 Å². The summed E-state index contributed by atoms with van der Waals surface area (Å²) in [5.41, 5.74) is 2.12. The molecular formula is C10H20F3N3O. The number of carbonyl (C=O) groups excluding carboxylic acids is 1. The number of hydrogen-bond donors (Lipinski definition) is 2. The van der Waals surface area contributed by atoms with Crippen LogP contribution in [0.4, 0.5) is 13.2 Å². The summed E-state index contributed by atoms with van der Waals surface area (Å²) in [4.78, 5) is 13.2. The first-order chi connectivity index (χ1) is 7.50. The van der Waals surface area contributed by atoms with E-state index in [0.717, 1.165) is 0 Å². The topological polar surface area (TPSA) is 58.4 Å². The van der Waals surface area contributed by atoms with Gasteiger partial charge < -0.3 is 16.0 Å². The van der Waals surface area contributed by atoms with Crippen LogP contribution in [0.2, 0.25) is 0 Å². The van der Waals surface area contributed by atoms with Crippen LogP contribution in [0, 0.1) is 0 Å². The van der Waals surface area contributed by atoms with Crippen molar-refractivity contribution < 1.29 is 18.0 Å². The van der Waals surface area contributed by atoms with E-state index in [1.807, 2.05) is 25.8 Å². The molecule has 0 aliphatic heterocycles. The molecular weight excluding hydrogens is 235 g/mol. The summed E-state index contributed by atoms with van der Waals surface area (Å²) in [6.07, 6.45) is -4.75. The van der Waals surface area contributed by atoms with E-state index in [0.29, 0.717) is 13.5 Å². The van der Waals surface area contributed by atoms with E-state index in [2.05, 4.69) is 5.32 Å². The molecule has 0 saturated heterocycles. The van der Waals surface area contributed by atoms with Gasteiger partial charge in [-0.25, -0.2) is 0 Å². The molecule has 0 saturated carbocycles. The number of rotatable bonds is 5. The lowest BCUT2D eigenvalue weighted by Crippen LogP contribution is -2.61. The number of carbonyl (C=O) groups is 1. The molecule has 102 valence electrons. The van der Waals surface area contributed by atoms with Gasteiger partial charge in [-0.3, -0.25) is 4.79 Å². The molecule has 0 aromatic rings. The van der Waals surface area contributed by atoms with Gasteiger partial charge >= 0.3 is 6.18 Å². The Morgan fingerprint density at radius 3 is 2.24 bits per heavy atom. The minimum atomic E-state index is -4.75. The average molecular weight is 255 g/mol.